The molecule has 0 radical (unpaired) electrons. The molecule has 2 rings (SSSR count). The first-order valence-electron chi connectivity index (χ1n) is 6.08. The molecule has 1 aromatic carbocycles. The van der Waals surface area contributed by atoms with E-state index in [1.54, 1.807) is 13.8 Å². The van der Waals surface area contributed by atoms with E-state index in [1.165, 1.54) is 31.2 Å². The highest BCUT2D eigenvalue weighted by Gasteiger charge is 2.09. The van der Waals surface area contributed by atoms with E-state index in [2.05, 4.69) is 15.2 Å². The lowest BCUT2D eigenvalue weighted by molar-refractivity contribution is -0.114. The molecule has 8 heteroatoms. The largest absolute Gasteiger partial charge is 0.539 e. The predicted octanol–water partition coefficient (Wildman–Crippen LogP) is 2.64. The second kappa shape index (κ2) is 5.57. The van der Waals surface area contributed by atoms with Crippen molar-refractivity contribution in [3.8, 4) is 0 Å². The molecule has 7 nitrogen and oxygen atoms in total. The lowest BCUT2D eigenvalue weighted by atomic mass is 10.3. The number of nitrogens with one attached hydrogen (secondary N) is 1. The number of sulfonamides is 1. The predicted molar refractivity (Wildman–Crippen MR) is 76.9 cm³/mol. The molecule has 1 aromatic heterocycles. The molecule has 0 bridgehead atoms. The van der Waals surface area contributed by atoms with Crippen molar-refractivity contribution in [3.05, 3.63) is 40.2 Å². The van der Waals surface area contributed by atoms with Gasteiger partial charge in [-0.3, -0.25) is 4.79 Å². The first-order chi connectivity index (χ1) is 9.79. The summed E-state index contributed by atoms with van der Waals surface area (Å²) in [7, 11) is -3.89. The van der Waals surface area contributed by atoms with Gasteiger partial charge in [-0.25, -0.2) is 8.42 Å². The second-order valence-electron chi connectivity index (χ2n) is 4.47. The molecule has 0 unspecified atom stereocenters. The number of hydrogen-bond acceptors (Lipinski definition) is 5. The van der Waals surface area contributed by atoms with Gasteiger partial charge in [0.15, 0.2) is 0 Å². The maximum Gasteiger partial charge on any atom is 0.221 e. The summed E-state index contributed by atoms with van der Waals surface area (Å²) in [5, 5.41) is 6.21. The first-order valence-corrected chi connectivity index (χ1v) is 7.52. The van der Waals surface area contributed by atoms with Crippen molar-refractivity contribution >= 4 is 27.5 Å². The summed E-state index contributed by atoms with van der Waals surface area (Å²) in [6.07, 6.45) is 0. The Kier molecular flexibility index (Phi) is 3.99. The highest BCUT2D eigenvalue weighted by Crippen LogP contribution is 2.32. The monoisotopic (exact) mass is 308 g/mol. The Balaban J connectivity index is 2.23. The van der Waals surface area contributed by atoms with Gasteiger partial charge in [-0.05, 0) is 43.7 Å². The number of benzene rings is 1. The summed E-state index contributed by atoms with van der Waals surface area (Å²) in [6.45, 7) is 4.75. The van der Waals surface area contributed by atoms with E-state index in [-0.39, 0.29) is 16.7 Å². The smallest absolute Gasteiger partial charge is 0.221 e. The van der Waals surface area contributed by atoms with Gasteiger partial charge in [-0.15, -0.1) is 0 Å². The van der Waals surface area contributed by atoms with Crippen LogP contribution in [0.5, 0.6) is 0 Å². The lowest BCUT2D eigenvalue weighted by Gasteiger charge is -2.19. The highest BCUT2D eigenvalue weighted by atomic mass is 32.2. The zero-order valence-electron chi connectivity index (χ0n) is 11.7. The molecule has 1 amide bonds. The van der Waals surface area contributed by atoms with Crippen molar-refractivity contribution in [2.24, 2.45) is 0 Å². The number of rotatable bonds is 4. The van der Waals surface area contributed by atoms with Gasteiger partial charge in [0.2, 0.25) is 5.91 Å². The number of aryl methyl sites for hydroxylation is 1. The molecule has 2 aromatic rings. The molecular formula is C13H14N3O4S-. The molecule has 1 N–H and O–H groups in total. The van der Waals surface area contributed by atoms with Crippen LogP contribution in [0, 0.1) is 13.8 Å². The van der Waals surface area contributed by atoms with Crippen LogP contribution >= 0.6 is 0 Å². The van der Waals surface area contributed by atoms with Crippen LogP contribution in [-0.2, 0) is 14.8 Å². The van der Waals surface area contributed by atoms with E-state index in [9.17, 15) is 13.2 Å². The minimum Gasteiger partial charge on any atom is -0.539 e. The molecule has 0 saturated heterocycles. The van der Waals surface area contributed by atoms with Gasteiger partial charge < -0.3 is 14.6 Å². The fourth-order valence-corrected chi connectivity index (χ4v) is 2.54. The maximum absolute atomic E-state index is 12.2. The summed E-state index contributed by atoms with van der Waals surface area (Å²) in [5.74, 6) is -0.263. The van der Waals surface area contributed by atoms with Gasteiger partial charge in [0, 0.05) is 12.6 Å². The maximum atomic E-state index is 12.2. The Morgan fingerprint density at radius 1 is 1.24 bits per heavy atom. The van der Waals surface area contributed by atoms with E-state index in [1.807, 2.05) is 0 Å². The average Bonchev–Trinajstić information content (AvgIpc) is 2.70. The third kappa shape index (κ3) is 3.40. The molecule has 0 saturated carbocycles. The quantitative estimate of drug-likeness (QED) is 0.935. The molecule has 0 aliphatic heterocycles. The van der Waals surface area contributed by atoms with Crippen LogP contribution in [0.3, 0.4) is 0 Å². The third-order valence-electron chi connectivity index (χ3n) is 2.81. The summed E-state index contributed by atoms with van der Waals surface area (Å²) >= 11 is 0. The van der Waals surface area contributed by atoms with Crippen molar-refractivity contribution in [1.82, 2.24) is 5.16 Å². The van der Waals surface area contributed by atoms with E-state index in [0.717, 1.165) is 0 Å². The molecule has 0 fully saturated rings. The average molecular weight is 308 g/mol. The van der Waals surface area contributed by atoms with Crippen molar-refractivity contribution in [1.29, 1.82) is 0 Å². The second-order valence-corrected chi connectivity index (χ2v) is 6.07. The molecule has 21 heavy (non-hydrogen) atoms. The highest BCUT2D eigenvalue weighted by molar-refractivity contribution is 7.94. The van der Waals surface area contributed by atoms with Crippen molar-refractivity contribution in [3.63, 3.8) is 0 Å². The molecule has 0 spiro atoms. The topological polar surface area (TPSA) is 103 Å². The van der Waals surface area contributed by atoms with Gasteiger partial charge in [-0.1, -0.05) is 5.16 Å². The van der Waals surface area contributed by atoms with Crippen LogP contribution in [0.2, 0.25) is 0 Å². The standard InChI is InChI=1S/C13H15N3O4S/c1-8-9(2)15-20-13(8)16-21(18,19)12-6-4-11(5-7-12)14-10(3)17/h4-7H,1-3H3,(H2,14,15,16,17)/p-1. The van der Waals surface area contributed by atoms with Gasteiger partial charge in [0.25, 0.3) is 0 Å². The van der Waals surface area contributed by atoms with Gasteiger partial charge in [0.05, 0.1) is 16.5 Å². The molecule has 1 heterocycles. The van der Waals surface area contributed by atoms with Gasteiger partial charge in [-0.2, -0.15) is 0 Å². The number of amides is 1. The van der Waals surface area contributed by atoms with Crippen LogP contribution in [0.25, 0.3) is 4.72 Å². The van der Waals surface area contributed by atoms with Crippen molar-refractivity contribution < 1.29 is 17.7 Å². The number of anilines is 1. The fraction of sp³-hybridized carbons (Fsp3) is 0.231. The van der Waals surface area contributed by atoms with Crippen LogP contribution in [0.1, 0.15) is 18.2 Å². The summed E-state index contributed by atoms with van der Waals surface area (Å²) in [6, 6.07) is 5.70. The number of carbonyl (C=O) groups excluding carboxylic acids is 1. The summed E-state index contributed by atoms with van der Waals surface area (Å²) < 4.78 is 32.8. The van der Waals surface area contributed by atoms with Crippen LogP contribution < -0.4 is 5.32 Å². The fourth-order valence-electron chi connectivity index (χ4n) is 1.56. The van der Waals surface area contributed by atoms with E-state index >= 15 is 0 Å². The molecule has 0 atom stereocenters. The lowest BCUT2D eigenvalue weighted by Crippen LogP contribution is -2.06. The third-order valence-corrected chi connectivity index (χ3v) is 4.08. The number of carbonyl (C=O) groups is 1. The van der Waals surface area contributed by atoms with Crippen LogP contribution in [0.15, 0.2) is 33.7 Å². The Bertz CT molecular complexity index is 763. The van der Waals surface area contributed by atoms with Gasteiger partial charge in [0.1, 0.15) is 10.0 Å². The van der Waals surface area contributed by atoms with E-state index in [0.29, 0.717) is 16.9 Å². The van der Waals surface area contributed by atoms with E-state index < -0.39 is 10.0 Å². The normalized spacial score (nSPS) is 11.2. The number of nitrogens with zero attached hydrogens (tertiary/aromatic N) is 2. The van der Waals surface area contributed by atoms with Crippen LogP contribution in [-0.4, -0.2) is 19.5 Å². The Labute approximate surface area is 122 Å². The van der Waals surface area contributed by atoms with E-state index in [4.69, 9.17) is 4.52 Å². The zero-order valence-corrected chi connectivity index (χ0v) is 12.6. The van der Waals surface area contributed by atoms with Gasteiger partial charge >= 0.3 is 0 Å². The Hall–Kier alpha value is -2.35. The SMILES string of the molecule is CC(=O)Nc1ccc(S(=O)(=O)[N-]c2onc(C)c2C)cc1. The number of hydrogen-bond donors (Lipinski definition) is 1. The zero-order chi connectivity index (χ0) is 15.6. The minimum atomic E-state index is -3.89. The molecule has 0 aliphatic carbocycles. The summed E-state index contributed by atoms with van der Waals surface area (Å²) in [5.41, 5.74) is 1.67. The minimum absolute atomic E-state index is 0.00468. The molecular weight excluding hydrogens is 294 g/mol. The summed E-state index contributed by atoms with van der Waals surface area (Å²) in [4.78, 5) is 10.9. The Morgan fingerprint density at radius 2 is 1.86 bits per heavy atom. The Morgan fingerprint density at radius 3 is 2.33 bits per heavy atom. The first kappa shape index (κ1) is 15.0. The van der Waals surface area contributed by atoms with Crippen LogP contribution in [0.4, 0.5) is 11.6 Å². The number of aromatic nitrogens is 1. The molecule has 0 aliphatic rings. The van der Waals surface area contributed by atoms with Crippen molar-refractivity contribution in [2.75, 3.05) is 5.32 Å². The molecule has 112 valence electrons. The van der Waals surface area contributed by atoms with Crippen molar-refractivity contribution in [2.45, 2.75) is 25.7 Å².